The van der Waals surface area contributed by atoms with Crippen molar-refractivity contribution in [1.82, 2.24) is 0 Å². The lowest BCUT2D eigenvalue weighted by atomic mass is 10.4. The molecule has 0 aromatic heterocycles. The maximum atomic E-state index is 12.7. The summed E-state index contributed by atoms with van der Waals surface area (Å²) in [6, 6.07) is 0.837. The summed E-state index contributed by atoms with van der Waals surface area (Å²) in [5.74, 6) is -0.935. The Labute approximate surface area is 87.0 Å². The van der Waals surface area contributed by atoms with Gasteiger partial charge in [0.2, 0.25) is 8.41 Å². The van der Waals surface area contributed by atoms with Gasteiger partial charge < -0.3 is 9.21 Å². The number of aliphatic carboxylic acids is 1. The third-order valence-corrected chi connectivity index (χ3v) is 3.03. The topological polar surface area (TPSA) is 37.3 Å². The maximum Gasteiger partial charge on any atom is 0.330 e. The van der Waals surface area contributed by atoms with E-state index in [9.17, 15) is 8.90 Å². The molecule has 84 valence electrons. The lowest BCUT2D eigenvalue weighted by molar-refractivity contribution is -0.132. The first kappa shape index (κ1) is 15.8. The van der Waals surface area contributed by atoms with Crippen LogP contribution < -0.4 is 0 Å². The van der Waals surface area contributed by atoms with Gasteiger partial charge in [-0.25, -0.2) is 4.79 Å². The van der Waals surface area contributed by atoms with E-state index in [0.29, 0.717) is 0 Å². The second kappa shape index (κ2) is 7.73. The molecular formula is C10H21FO2Si. The van der Waals surface area contributed by atoms with Gasteiger partial charge in [-0.1, -0.05) is 26.3 Å². The lowest BCUT2D eigenvalue weighted by Crippen LogP contribution is -2.16. The zero-order valence-corrected chi connectivity index (χ0v) is 10.6. The maximum absolute atomic E-state index is 12.7. The van der Waals surface area contributed by atoms with E-state index in [1.165, 1.54) is 6.92 Å². The Kier molecular flexibility index (Phi) is 8.73. The highest BCUT2D eigenvalue weighted by Crippen LogP contribution is 2.13. The Morgan fingerprint density at radius 3 is 1.93 bits per heavy atom. The first-order chi connectivity index (χ1) is 6.20. The summed E-state index contributed by atoms with van der Waals surface area (Å²) in [7, 11) is -2.18. The van der Waals surface area contributed by atoms with Gasteiger partial charge in [0, 0.05) is 5.57 Å². The number of carbonyl (C=O) groups is 1. The van der Waals surface area contributed by atoms with Gasteiger partial charge in [0.15, 0.2) is 0 Å². The van der Waals surface area contributed by atoms with Gasteiger partial charge in [-0.15, -0.1) is 0 Å². The van der Waals surface area contributed by atoms with Gasteiger partial charge in [-0.3, -0.25) is 0 Å². The minimum absolute atomic E-state index is 0.176. The van der Waals surface area contributed by atoms with Crippen molar-refractivity contribution in [2.45, 2.75) is 45.8 Å². The second-order valence-corrected chi connectivity index (χ2v) is 7.85. The third-order valence-electron chi connectivity index (χ3n) is 1.49. The van der Waals surface area contributed by atoms with Crippen molar-refractivity contribution in [3.8, 4) is 0 Å². The highest BCUT2D eigenvalue weighted by atomic mass is 28.4. The van der Waals surface area contributed by atoms with Crippen molar-refractivity contribution in [2.24, 2.45) is 0 Å². The molecule has 0 unspecified atom stereocenters. The van der Waals surface area contributed by atoms with E-state index in [0.717, 1.165) is 18.9 Å². The highest BCUT2D eigenvalue weighted by molar-refractivity contribution is 6.70. The quantitative estimate of drug-likeness (QED) is 0.446. The molecule has 0 aliphatic rings. The van der Waals surface area contributed by atoms with Crippen LogP contribution in [0.5, 0.6) is 0 Å². The number of hydrogen-bond donors (Lipinski definition) is 1. The number of carboxylic acid groups (broad SMARTS) is 1. The Morgan fingerprint density at radius 2 is 1.86 bits per heavy atom. The monoisotopic (exact) mass is 220 g/mol. The van der Waals surface area contributed by atoms with E-state index >= 15 is 0 Å². The summed E-state index contributed by atoms with van der Waals surface area (Å²) >= 11 is 0. The van der Waals surface area contributed by atoms with Crippen LogP contribution in [0.25, 0.3) is 0 Å². The number of carboxylic acids is 1. The van der Waals surface area contributed by atoms with Crippen molar-refractivity contribution in [2.75, 3.05) is 0 Å². The fraction of sp³-hybridized carbons (Fsp3) is 0.700. The van der Waals surface area contributed by atoms with E-state index in [-0.39, 0.29) is 5.57 Å². The molecule has 0 saturated carbocycles. The molecular weight excluding hydrogens is 199 g/mol. The summed E-state index contributed by atoms with van der Waals surface area (Å²) < 4.78 is 12.7. The van der Waals surface area contributed by atoms with Gasteiger partial charge in [0.05, 0.1) is 0 Å². The van der Waals surface area contributed by atoms with Crippen molar-refractivity contribution in [1.29, 1.82) is 0 Å². The first-order valence-electron chi connectivity index (χ1n) is 4.78. The number of rotatable bonds is 4. The highest BCUT2D eigenvalue weighted by Gasteiger charge is 2.17. The van der Waals surface area contributed by atoms with Crippen LogP contribution in [0.1, 0.15) is 26.7 Å². The summed E-state index contributed by atoms with van der Waals surface area (Å²) in [5, 5.41) is 7.89. The van der Waals surface area contributed by atoms with Crippen molar-refractivity contribution in [3.63, 3.8) is 0 Å². The average Bonchev–Trinajstić information content (AvgIpc) is 2.00. The van der Waals surface area contributed by atoms with Crippen LogP contribution in [0.4, 0.5) is 4.11 Å². The molecule has 0 radical (unpaired) electrons. The Balaban J connectivity index is 0. The molecule has 14 heavy (non-hydrogen) atoms. The SMILES string of the molecule is C=C(C)C(=O)O.CCCC[Si](C)(C)F. The van der Waals surface area contributed by atoms with E-state index in [1.54, 1.807) is 13.1 Å². The third kappa shape index (κ3) is 17.4. The van der Waals surface area contributed by atoms with Crippen LogP contribution in [0.2, 0.25) is 19.1 Å². The largest absolute Gasteiger partial charge is 0.478 e. The van der Waals surface area contributed by atoms with Crippen molar-refractivity contribution in [3.05, 3.63) is 12.2 Å². The minimum atomic E-state index is -2.18. The molecule has 0 bridgehead atoms. The number of hydrogen-bond acceptors (Lipinski definition) is 1. The predicted octanol–water partition coefficient (Wildman–Crippen LogP) is 3.61. The standard InChI is InChI=1S/C6H15FSi.C4H6O2/c1-4-5-6-8(2,3)7;1-3(2)4(5)6/h4-6H2,1-3H3;1H2,2H3,(H,5,6). The Morgan fingerprint density at radius 1 is 1.50 bits per heavy atom. The van der Waals surface area contributed by atoms with Crippen LogP contribution in [-0.4, -0.2) is 19.5 Å². The van der Waals surface area contributed by atoms with Crippen LogP contribution in [0.15, 0.2) is 12.2 Å². The van der Waals surface area contributed by atoms with Crippen LogP contribution >= 0.6 is 0 Å². The fourth-order valence-corrected chi connectivity index (χ4v) is 1.79. The van der Waals surface area contributed by atoms with Crippen LogP contribution in [-0.2, 0) is 4.79 Å². The van der Waals surface area contributed by atoms with E-state index in [4.69, 9.17) is 5.11 Å². The molecule has 1 N–H and O–H groups in total. The van der Waals surface area contributed by atoms with E-state index < -0.39 is 14.4 Å². The van der Waals surface area contributed by atoms with E-state index in [1.807, 2.05) is 0 Å². The molecule has 0 aliphatic carbocycles. The fourth-order valence-electron chi connectivity index (χ4n) is 0.597. The van der Waals surface area contributed by atoms with Crippen molar-refractivity contribution < 1.29 is 14.0 Å². The molecule has 2 nitrogen and oxygen atoms in total. The molecule has 0 aliphatic heterocycles. The Hall–Kier alpha value is -0.643. The van der Waals surface area contributed by atoms with Gasteiger partial charge in [-0.2, -0.15) is 0 Å². The van der Waals surface area contributed by atoms with Gasteiger partial charge in [-0.05, 0) is 26.1 Å². The lowest BCUT2D eigenvalue weighted by Gasteiger charge is -2.07. The molecule has 0 fully saturated rings. The van der Waals surface area contributed by atoms with Crippen molar-refractivity contribution >= 4 is 14.4 Å². The Bertz CT molecular complexity index is 173. The average molecular weight is 220 g/mol. The summed E-state index contributed by atoms with van der Waals surface area (Å²) in [4.78, 5) is 9.60. The molecule has 0 amide bonds. The smallest absolute Gasteiger partial charge is 0.330 e. The first-order valence-corrected chi connectivity index (χ1v) is 7.87. The van der Waals surface area contributed by atoms with Gasteiger partial charge in [0.1, 0.15) is 0 Å². The minimum Gasteiger partial charge on any atom is -0.478 e. The predicted molar refractivity (Wildman–Crippen MR) is 60.8 cm³/mol. The molecule has 0 saturated heterocycles. The summed E-state index contributed by atoms with van der Waals surface area (Å²) in [5.41, 5.74) is 0.176. The zero-order valence-electron chi connectivity index (χ0n) is 9.56. The molecule has 0 spiro atoms. The molecule has 0 rings (SSSR count). The molecule has 0 atom stereocenters. The molecule has 4 heteroatoms. The molecule has 0 aromatic carbocycles. The normalized spacial score (nSPS) is 10.1. The van der Waals surface area contributed by atoms with Crippen LogP contribution in [0.3, 0.4) is 0 Å². The summed E-state index contributed by atoms with van der Waals surface area (Å²) in [6.45, 7) is 10.2. The number of unbranched alkanes of at least 4 members (excludes halogenated alkanes) is 1. The van der Waals surface area contributed by atoms with E-state index in [2.05, 4.69) is 13.5 Å². The number of halogens is 1. The van der Waals surface area contributed by atoms with Crippen LogP contribution in [0, 0.1) is 0 Å². The van der Waals surface area contributed by atoms with Gasteiger partial charge in [0.25, 0.3) is 0 Å². The second-order valence-electron chi connectivity index (χ2n) is 3.91. The van der Waals surface area contributed by atoms with Gasteiger partial charge >= 0.3 is 5.97 Å². The molecule has 0 heterocycles. The molecule has 0 aromatic rings. The summed E-state index contributed by atoms with van der Waals surface area (Å²) in [6.07, 6.45) is 2.19. The zero-order chi connectivity index (χ0) is 11.8.